The summed E-state index contributed by atoms with van der Waals surface area (Å²) in [5, 5.41) is 13.4. The molecule has 0 radical (unpaired) electrons. The van der Waals surface area contributed by atoms with Crippen LogP contribution in [0.2, 0.25) is 0 Å². The van der Waals surface area contributed by atoms with Gasteiger partial charge in [-0.25, -0.2) is 0 Å². The van der Waals surface area contributed by atoms with E-state index < -0.39 is 0 Å². The maximum Gasteiger partial charge on any atom is 0.0621 e. The van der Waals surface area contributed by atoms with E-state index in [2.05, 4.69) is 58.1 Å². The summed E-state index contributed by atoms with van der Waals surface area (Å²) in [6.45, 7) is 10.8. The topological polar surface area (TPSA) is 32.3 Å². The minimum atomic E-state index is -0.165. The van der Waals surface area contributed by atoms with Gasteiger partial charge in [-0.05, 0) is 38.3 Å². The highest BCUT2D eigenvalue weighted by molar-refractivity contribution is 5.32. The van der Waals surface area contributed by atoms with Crippen LogP contribution in [0.25, 0.3) is 0 Å². The monoisotopic (exact) mass is 247 g/mol. The lowest BCUT2D eigenvalue weighted by Gasteiger charge is -2.50. The van der Waals surface area contributed by atoms with Crippen LogP contribution in [-0.2, 0) is 0 Å². The zero-order valence-corrected chi connectivity index (χ0v) is 12.1. The predicted octanol–water partition coefficient (Wildman–Crippen LogP) is 3.11. The second-order valence-electron chi connectivity index (χ2n) is 6.37. The highest BCUT2D eigenvalue weighted by Gasteiger charge is 2.47. The first kappa shape index (κ1) is 13.6. The summed E-state index contributed by atoms with van der Waals surface area (Å²) in [4.78, 5) is 0. The lowest BCUT2D eigenvalue weighted by molar-refractivity contribution is -0.0755. The van der Waals surface area contributed by atoms with E-state index in [4.69, 9.17) is 0 Å². The van der Waals surface area contributed by atoms with Crippen molar-refractivity contribution >= 4 is 0 Å². The summed E-state index contributed by atoms with van der Waals surface area (Å²) < 4.78 is 0. The van der Waals surface area contributed by atoms with Crippen molar-refractivity contribution in [3.8, 4) is 0 Å². The number of rotatable bonds is 3. The average molecular weight is 247 g/mol. The van der Waals surface area contributed by atoms with Crippen LogP contribution in [0.3, 0.4) is 0 Å². The number of hydrogen-bond acceptors (Lipinski definition) is 2. The molecule has 18 heavy (non-hydrogen) atoms. The van der Waals surface area contributed by atoms with Gasteiger partial charge in [0.15, 0.2) is 0 Å². The van der Waals surface area contributed by atoms with Gasteiger partial charge in [-0.15, -0.1) is 0 Å². The largest absolute Gasteiger partial charge is 0.392 e. The van der Waals surface area contributed by atoms with Crippen LogP contribution >= 0.6 is 0 Å². The summed E-state index contributed by atoms with van der Waals surface area (Å²) in [6, 6.07) is 7.35. The maximum atomic E-state index is 9.78. The highest BCUT2D eigenvalue weighted by Crippen LogP contribution is 2.41. The molecule has 0 aliphatic heterocycles. The van der Waals surface area contributed by atoms with Gasteiger partial charge in [0.2, 0.25) is 0 Å². The van der Waals surface area contributed by atoms with Crippen LogP contribution in [0.15, 0.2) is 18.2 Å². The molecule has 2 nitrogen and oxygen atoms in total. The molecular formula is C16H25NO. The van der Waals surface area contributed by atoms with Gasteiger partial charge in [-0.3, -0.25) is 0 Å². The first-order valence-corrected chi connectivity index (χ1v) is 6.83. The van der Waals surface area contributed by atoms with E-state index in [-0.39, 0.29) is 11.5 Å². The molecular weight excluding hydrogens is 222 g/mol. The molecule has 2 rings (SSSR count). The molecule has 0 heterocycles. The van der Waals surface area contributed by atoms with Gasteiger partial charge in [-0.2, -0.15) is 0 Å². The quantitative estimate of drug-likeness (QED) is 0.860. The lowest BCUT2D eigenvalue weighted by Crippen LogP contribution is -2.60. The number of aryl methyl sites for hydroxylation is 2. The number of aliphatic hydroxyl groups excluding tert-OH is 1. The van der Waals surface area contributed by atoms with Crippen molar-refractivity contribution in [2.24, 2.45) is 5.41 Å². The van der Waals surface area contributed by atoms with E-state index >= 15 is 0 Å². The normalized spacial score (nSPS) is 27.7. The average Bonchev–Trinajstić information content (AvgIpc) is 2.28. The summed E-state index contributed by atoms with van der Waals surface area (Å²) in [7, 11) is 0. The van der Waals surface area contributed by atoms with Gasteiger partial charge in [0.25, 0.3) is 0 Å². The van der Waals surface area contributed by atoms with Crippen LogP contribution in [0.1, 0.15) is 49.9 Å². The van der Waals surface area contributed by atoms with Crippen molar-refractivity contribution in [2.45, 2.75) is 59.2 Å². The van der Waals surface area contributed by atoms with Crippen molar-refractivity contribution < 1.29 is 5.11 Å². The third-order valence-corrected chi connectivity index (χ3v) is 4.56. The number of aliphatic hydroxyl groups is 1. The second-order valence-corrected chi connectivity index (χ2v) is 6.37. The summed E-state index contributed by atoms with van der Waals surface area (Å²) in [5.41, 5.74) is 4.00. The first-order valence-electron chi connectivity index (χ1n) is 6.83. The highest BCUT2D eigenvalue weighted by atomic mass is 16.3. The van der Waals surface area contributed by atoms with Crippen LogP contribution in [-0.4, -0.2) is 17.3 Å². The van der Waals surface area contributed by atoms with E-state index in [0.29, 0.717) is 12.1 Å². The van der Waals surface area contributed by atoms with Gasteiger partial charge >= 0.3 is 0 Å². The summed E-state index contributed by atoms with van der Waals surface area (Å²) >= 11 is 0. The molecule has 0 aromatic heterocycles. The lowest BCUT2D eigenvalue weighted by atomic mass is 9.64. The first-order chi connectivity index (χ1) is 8.32. The molecule has 1 aliphatic rings. The van der Waals surface area contributed by atoms with E-state index in [9.17, 15) is 5.11 Å². The van der Waals surface area contributed by atoms with Crippen molar-refractivity contribution in [1.29, 1.82) is 0 Å². The Morgan fingerprint density at radius 3 is 2.50 bits per heavy atom. The van der Waals surface area contributed by atoms with Crippen molar-refractivity contribution in [1.82, 2.24) is 5.32 Å². The number of hydrogen-bond donors (Lipinski definition) is 2. The van der Waals surface area contributed by atoms with Crippen LogP contribution < -0.4 is 5.32 Å². The van der Waals surface area contributed by atoms with Crippen LogP contribution in [0, 0.1) is 19.3 Å². The molecule has 0 saturated heterocycles. The van der Waals surface area contributed by atoms with E-state index in [1.54, 1.807) is 0 Å². The van der Waals surface area contributed by atoms with Gasteiger partial charge in [0.1, 0.15) is 0 Å². The minimum absolute atomic E-state index is 0.00708. The van der Waals surface area contributed by atoms with Gasteiger partial charge < -0.3 is 10.4 Å². The van der Waals surface area contributed by atoms with E-state index in [0.717, 1.165) is 6.42 Å². The second kappa shape index (κ2) is 4.67. The fourth-order valence-corrected chi connectivity index (χ4v) is 2.89. The zero-order valence-electron chi connectivity index (χ0n) is 12.1. The summed E-state index contributed by atoms with van der Waals surface area (Å²) in [6.07, 6.45) is 0.698. The van der Waals surface area contributed by atoms with Gasteiger partial charge in [0.05, 0.1) is 6.10 Å². The van der Waals surface area contributed by atoms with Crippen LogP contribution in [0.4, 0.5) is 0 Å². The Bertz CT molecular complexity index is 439. The molecule has 1 aromatic rings. The van der Waals surface area contributed by atoms with Gasteiger partial charge in [-0.1, -0.05) is 37.6 Å². The standard InChI is InChI=1S/C16H25NO/c1-10-6-7-13(11(2)8-10)12(3)17-14-9-15(18)16(14,4)5/h6-8,12,14-15,17-18H,9H2,1-5H3. The smallest absolute Gasteiger partial charge is 0.0621 e. The fourth-order valence-electron chi connectivity index (χ4n) is 2.89. The third-order valence-electron chi connectivity index (χ3n) is 4.56. The SMILES string of the molecule is Cc1ccc(C(C)NC2CC(O)C2(C)C)c(C)c1. The van der Waals surface area contributed by atoms with Crippen LogP contribution in [0.5, 0.6) is 0 Å². The number of benzene rings is 1. The van der Waals surface area contributed by atoms with Crippen molar-refractivity contribution in [3.05, 3.63) is 34.9 Å². The molecule has 3 atom stereocenters. The van der Waals surface area contributed by atoms with Crippen molar-refractivity contribution in [2.75, 3.05) is 0 Å². The Hall–Kier alpha value is -0.860. The Kier molecular flexibility index (Phi) is 3.52. The third kappa shape index (κ3) is 2.32. The molecule has 100 valence electrons. The molecule has 1 aromatic carbocycles. The van der Waals surface area contributed by atoms with Gasteiger partial charge in [0, 0.05) is 17.5 Å². The zero-order chi connectivity index (χ0) is 13.5. The molecule has 2 N–H and O–H groups in total. The van der Waals surface area contributed by atoms with Crippen molar-refractivity contribution in [3.63, 3.8) is 0 Å². The molecule has 1 aliphatic carbocycles. The Morgan fingerprint density at radius 2 is 2.00 bits per heavy atom. The van der Waals surface area contributed by atoms with E-state index in [1.807, 2.05) is 0 Å². The number of nitrogens with one attached hydrogen (secondary N) is 1. The molecule has 0 amide bonds. The molecule has 0 spiro atoms. The molecule has 1 saturated carbocycles. The molecule has 1 fully saturated rings. The predicted molar refractivity (Wildman–Crippen MR) is 75.7 cm³/mol. The molecule has 0 bridgehead atoms. The Labute approximate surface area is 110 Å². The summed E-state index contributed by atoms with van der Waals surface area (Å²) in [5.74, 6) is 0. The molecule has 3 unspecified atom stereocenters. The minimum Gasteiger partial charge on any atom is -0.392 e. The Morgan fingerprint density at radius 1 is 1.33 bits per heavy atom. The Balaban J connectivity index is 2.07. The maximum absolute atomic E-state index is 9.78. The van der Waals surface area contributed by atoms with E-state index in [1.165, 1.54) is 16.7 Å². The fraction of sp³-hybridized carbons (Fsp3) is 0.625. The molecule has 2 heteroatoms.